The zero-order valence-corrected chi connectivity index (χ0v) is 13.2. The zero-order chi connectivity index (χ0) is 16.6. The Hall–Kier alpha value is -3.13. The van der Waals surface area contributed by atoms with E-state index < -0.39 is 0 Å². The summed E-state index contributed by atoms with van der Waals surface area (Å²) in [5, 5.41) is 13.7. The van der Waals surface area contributed by atoms with Crippen molar-refractivity contribution >= 4 is 0 Å². The number of nitrogens with one attached hydrogen (secondary N) is 1. The molecule has 2 aromatic heterocycles. The third-order valence-corrected chi connectivity index (χ3v) is 3.71. The van der Waals surface area contributed by atoms with Gasteiger partial charge in [0.25, 0.3) is 5.56 Å². The highest BCUT2D eigenvalue weighted by molar-refractivity contribution is 5.71. The second-order valence-electron chi connectivity index (χ2n) is 5.57. The molecule has 3 rings (SSSR count). The molecular weight excluding hydrogens is 288 g/mol. The highest BCUT2D eigenvalue weighted by atomic mass is 16.1. The molecule has 0 spiro atoms. The van der Waals surface area contributed by atoms with Crippen LogP contribution in [0.2, 0.25) is 0 Å². The Kier molecular flexibility index (Phi) is 3.59. The molecule has 0 saturated heterocycles. The largest absolute Gasteiger partial charge is 0.325 e. The fraction of sp³-hybridized carbons (Fsp3) is 0.167. The summed E-state index contributed by atoms with van der Waals surface area (Å²) in [6.45, 7) is 5.76. The Morgan fingerprint density at radius 1 is 1.13 bits per heavy atom. The number of aryl methyl sites for hydroxylation is 3. The van der Waals surface area contributed by atoms with Gasteiger partial charge >= 0.3 is 0 Å². The summed E-state index contributed by atoms with van der Waals surface area (Å²) in [7, 11) is 0. The van der Waals surface area contributed by atoms with Crippen LogP contribution in [-0.4, -0.2) is 14.8 Å². The van der Waals surface area contributed by atoms with Crippen LogP contribution in [0.25, 0.3) is 16.8 Å². The van der Waals surface area contributed by atoms with Gasteiger partial charge in [0.05, 0.1) is 11.4 Å². The average molecular weight is 304 g/mol. The van der Waals surface area contributed by atoms with Crippen molar-refractivity contribution in [2.24, 2.45) is 0 Å². The lowest BCUT2D eigenvalue weighted by Gasteiger charge is -2.08. The minimum absolute atomic E-state index is 0.134. The second kappa shape index (κ2) is 5.58. The van der Waals surface area contributed by atoms with Crippen molar-refractivity contribution < 1.29 is 0 Å². The molecule has 0 saturated carbocycles. The van der Waals surface area contributed by atoms with Gasteiger partial charge in [0.2, 0.25) is 0 Å². The molecule has 5 nitrogen and oxygen atoms in total. The fourth-order valence-corrected chi connectivity index (χ4v) is 2.70. The predicted molar refractivity (Wildman–Crippen MR) is 88.5 cm³/mol. The van der Waals surface area contributed by atoms with Crippen molar-refractivity contribution in [3.8, 4) is 22.9 Å². The van der Waals surface area contributed by atoms with Crippen LogP contribution >= 0.6 is 0 Å². The quantitative estimate of drug-likeness (QED) is 0.790. The molecule has 1 N–H and O–H groups in total. The summed E-state index contributed by atoms with van der Waals surface area (Å²) in [4.78, 5) is 14.6. The first-order chi connectivity index (χ1) is 11.0. The van der Waals surface area contributed by atoms with Crippen LogP contribution in [-0.2, 0) is 0 Å². The van der Waals surface area contributed by atoms with E-state index in [1.807, 2.05) is 61.0 Å². The monoisotopic (exact) mass is 304 g/mol. The molecule has 1 aromatic carbocycles. The first-order valence-corrected chi connectivity index (χ1v) is 7.27. The summed E-state index contributed by atoms with van der Waals surface area (Å²) < 4.78 is 1.87. The molecule has 0 fully saturated rings. The normalized spacial score (nSPS) is 10.5. The molecule has 0 radical (unpaired) electrons. The van der Waals surface area contributed by atoms with E-state index in [1.54, 1.807) is 6.92 Å². The summed E-state index contributed by atoms with van der Waals surface area (Å²) in [6.07, 6.45) is 0. The summed E-state index contributed by atoms with van der Waals surface area (Å²) in [6, 6.07) is 13.5. The van der Waals surface area contributed by atoms with E-state index in [2.05, 4.69) is 10.1 Å². The van der Waals surface area contributed by atoms with E-state index in [4.69, 9.17) is 0 Å². The first kappa shape index (κ1) is 14.8. The van der Waals surface area contributed by atoms with Gasteiger partial charge in [0, 0.05) is 17.0 Å². The number of H-pyrrole nitrogens is 1. The minimum atomic E-state index is -0.356. The molecule has 0 aliphatic heterocycles. The molecule has 2 heterocycles. The molecular formula is C18H16N4O. The molecule has 3 aromatic rings. The number of nitriles is 1. The van der Waals surface area contributed by atoms with E-state index >= 15 is 0 Å². The van der Waals surface area contributed by atoms with Gasteiger partial charge in [-0.15, -0.1) is 0 Å². The molecule has 0 aliphatic carbocycles. The van der Waals surface area contributed by atoms with Crippen molar-refractivity contribution in [3.05, 3.63) is 69.4 Å². The maximum absolute atomic E-state index is 11.9. The SMILES string of the molecule is Cc1cc(C)n(-c2ccc(-c3cc(C)[nH]c(=O)c3C#N)cc2)n1. The van der Waals surface area contributed by atoms with Crippen molar-refractivity contribution in [1.82, 2.24) is 14.8 Å². The van der Waals surface area contributed by atoms with Crippen molar-refractivity contribution in [2.45, 2.75) is 20.8 Å². The van der Waals surface area contributed by atoms with E-state index in [1.165, 1.54) is 0 Å². The maximum atomic E-state index is 11.9. The van der Waals surface area contributed by atoms with Crippen LogP contribution < -0.4 is 5.56 Å². The van der Waals surface area contributed by atoms with E-state index in [0.717, 1.165) is 28.3 Å². The van der Waals surface area contributed by atoms with Gasteiger partial charge in [-0.3, -0.25) is 4.79 Å². The first-order valence-electron chi connectivity index (χ1n) is 7.27. The van der Waals surface area contributed by atoms with Gasteiger partial charge in [-0.25, -0.2) is 4.68 Å². The zero-order valence-electron chi connectivity index (χ0n) is 13.2. The Labute approximate surface area is 133 Å². The molecule has 0 bridgehead atoms. The molecule has 0 unspecified atom stereocenters. The number of nitrogens with zero attached hydrogens (tertiary/aromatic N) is 3. The molecule has 23 heavy (non-hydrogen) atoms. The van der Waals surface area contributed by atoms with Crippen LogP contribution in [0.1, 0.15) is 22.6 Å². The number of benzene rings is 1. The topological polar surface area (TPSA) is 74.5 Å². The van der Waals surface area contributed by atoms with Crippen molar-refractivity contribution in [2.75, 3.05) is 0 Å². The molecule has 114 valence electrons. The van der Waals surface area contributed by atoms with Crippen LogP contribution in [0, 0.1) is 32.1 Å². The smallest absolute Gasteiger partial charge is 0.266 e. The third-order valence-electron chi connectivity index (χ3n) is 3.71. The average Bonchev–Trinajstić information content (AvgIpc) is 2.85. The Morgan fingerprint density at radius 3 is 2.39 bits per heavy atom. The predicted octanol–water partition coefficient (Wildman–Crippen LogP) is 3.02. The van der Waals surface area contributed by atoms with Crippen LogP contribution in [0.5, 0.6) is 0 Å². The van der Waals surface area contributed by atoms with Crippen molar-refractivity contribution in [3.63, 3.8) is 0 Å². The lowest BCUT2D eigenvalue weighted by atomic mass is 10.0. The van der Waals surface area contributed by atoms with Crippen LogP contribution in [0.4, 0.5) is 0 Å². The number of aromatic amines is 1. The van der Waals surface area contributed by atoms with Gasteiger partial charge in [0.1, 0.15) is 11.6 Å². The van der Waals surface area contributed by atoms with Gasteiger partial charge in [0.15, 0.2) is 0 Å². The number of pyridine rings is 1. The number of hydrogen-bond acceptors (Lipinski definition) is 3. The Bertz CT molecular complexity index is 972. The third kappa shape index (κ3) is 2.67. The summed E-state index contributed by atoms with van der Waals surface area (Å²) in [5.74, 6) is 0. The van der Waals surface area contributed by atoms with E-state index in [-0.39, 0.29) is 11.1 Å². The van der Waals surface area contributed by atoms with E-state index in [9.17, 15) is 10.1 Å². The van der Waals surface area contributed by atoms with Crippen molar-refractivity contribution in [1.29, 1.82) is 5.26 Å². The lowest BCUT2D eigenvalue weighted by Crippen LogP contribution is -2.12. The van der Waals surface area contributed by atoms with E-state index in [0.29, 0.717) is 5.56 Å². The standard InChI is InChI=1S/C18H16N4O/c1-11-9-16(17(10-19)18(23)20-11)14-4-6-15(7-5-14)22-13(3)8-12(2)21-22/h4-9H,1-3H3,(H,20,23). The van der Waals surface area contributed by atoms with Gasteiger partial charge in [-0.1, -0.05) is 12.1 Å². The molecule has 0 aliphatic rings. The number of aromatic nitrogens is 3. The molecule has 0 atom stereocenters. The summed E-state index contributed by atoms with van der Waals surface area (Å²) >= 11 is 0. The van der Waals surface area contributed by atoms with Crippen LogP contribution in [0.15, 0.2) is 41.2 Å². The van der Waals surface area contributed by atoms with Gasteiger partial charge < -0.3 is 4.98 Å². The molecule has 5 heteroatoms. The number of rotatable bonds is 2. The Morgan fingerprint density at radius 2 is 1.83 bits per heavy atom. The minimum Gasteiger partial charge on any atom is -0.325 e. The van der Waals surface area contributed by atoms with Gasteiger partial charge in [-0.2, -0.15) is 10.4 Å². The van der Waals surface area contributed by atoms with Gasteiger partial charge in [-0.05, 0) is 50.6 Å². The second-order valence-corrected chi connectivity index (χ2v) is 5.57. The lowest BCUT2D eigenvalue weighted by molar-refractivity contribution is 0.834. The Balaban J connectivity index is 2.09. The highest BCUT2D eigenvalue weighted by Crippen LogP contribution is 2.23. The molecule has 0 amide bonds. The van der Waals surface area contributed by atoms with Crippen LogP contribution in [0.3, 0.4) is 0 Å². The fourth-order valence-electron chi connectivity index (χ4n) is 2.70. The number of hydrogen-bond donors (Lipinski definition) is 1. The summed E-state index contributed by atoms with van der Waals surface area (Å²) in [5.41, 5.74) is 4.95. The maximum Gasteiger partial charge on any atom is 0.266 e. The highest BCUT2D eigenvalue weighted by Gasteiger charge is 2.11.